The van der Waals surface area contributed by atoms with Crippen molar-refractivity contribution < 1.29 is 4.74 Å². The fourth-order valence-electron chi connectivity index (χ4n) is 1.85. The van der Waals surface area contributed by atoms with Gasteiger partial charge in [-0.05, 0) is 18.6 Å². The van der Waals surface area contributed by atoms with Gasteiger partial charge in [-0.3, -0.25) is 0 Å². The van der Waals surface area contributed by atoms with Crippen molar-refractivity contribution >= 4 is 11.2 Å². The molecule has 5 nitrogen and oxygen atoms in total. The van der Waals surface area contributed by atoms with Crippen LogP contribution < -0.4 is 5.73 Å². The number of nitrogens with zero attached hydrogens (tertiary/aromatic N) is 2. The zero-order valence-electron chi connectivity index (χ0n) is 8.23. The van der Waals surface area contributed by atoms with Gasteiger partial charge >= 0.3 is 0 Å². The molecule has 1 fully saturated rings. The summed E-state index contributed by atoms with van der Waals surface area (Å²) in [6.07, 6.45) is 2.52. The molecule has 0 radical (unpaired) electrons. The number of aromatic nitrogens is 3. The lowest BCUT2D eigenvalue weighted by Gasteiger charge is -2.17. The Labute approximate surface area is 86.7 Å². The summed E-state index contributed by atoms with van der Waals surface area (Å²) in [5, 5.41) is 0. The molecule has 0 aliphatic carbocycles. The summed E-state index contributed by atoms with van der Waals surface area (Å²) in [5.41, 5.74) is 7.36. The summed E-state index contributed by atoms with van der Waals surface area (Å²) in [5.74, 6) is 0.772. The van der Waals surface area contributed by atoms with Gasteiger partial charge in [0.05, 0.1) is 12.1 Å². The van der Waals surface area contributed by atoms with E-state index in [0.717, 1.165) is 17.8 Å². The number of ether oxygens (including phenoxy) is 1. The lowest BCUT2D eigenvalue weighted by Crippen LogP contribution is -2.38. The molecule has 78 valence electrons. The topological polar surface area (TPSA) is 76.8 Å². The highest BCUT2D eigenvalue weighted by atomic mass is 16.5. The average molecular weight is 204 g/mol. The molecule has 5 heteroatoms. The van der Waals surface area contributed by atoms with Crippen molar-refractivity contribution in [1.82, 2.24) is 15.0 Å². The number of H-pyrrole nitrogens is 1. The first-order valence-corrected chi connectivity index (χ1v) is 4.96. The summed E-state index contributed by atoms with van der Waals surface area (Å²) >= 11 is 0. The molecule has 0 aromatic carbocycles. The minimum Gasteiger partial charge on any atom is -0.379 e. The maximum absolute atomic E-state index is 6.20. The number of aromatic amines is 1. The van der Waals surface area contributed by atoms with Crippen molar-refractivity contribution in [2.75, 3.05) is 13.2 Å². The lowest BCUT2D eigenvalue weighted by molar-refractivity contribution is 0.176. The Morgan fingerprint density at radius 2 is 2.47 bits per heavy atom. The van der Waals surface area contributed by atoms with Crippen LogP contribution in [0.3, 0.4) is 0 Å². The van der Waals surface area contributed by atoms with Crippen LogP contribution in [0.5, 0.6) is 0 Å². The minimum absolute atomic E-state index is 0.472. The van der Waals surface area contributed by atoms with E-state index in [1.165, 1.54) is 0 Å². The van der Waals surface area contributed by atoms with Gasteiger partial charge in [-0.25, -0.2) is 9.97 Å². The molecule has 0 amide bonds. The molecule has 1 unspecified atom stereocenters. The van der Waals surface area contributed by atoms with Gasteiger partial charge in [0.2, 0.25) is 0 Å². The molecule has 1 saturated heterocycles. The van der Waals surface area contributed by atoms with Gasteiger partial charge in [0.25, 0.3) is 0 Å². The van der Waals surface area contributed by atoms with Crippen LogP contribution in [0.25, 0.3) is 11.2 Å². The van der Waals surface area contributed by atoms with Crippen molar-refractivity contribution in [2.45, 2.75) is 12.0 Å². The normalized spacial score (nSPS) is 26.2. The quantitative estimate of drug-likeness (QED) is 0.710. The van der Waals surface area contributed by atoms with E-state index in [-0.39, 0.29) is 0 Å². The second kappa shape index (κ2) is 3.01. The summed E-state index contributed by atoms with van der Waals surface area (Å²) in [6, 6.07) is 3.82. The van der Waals surface area contributed by atoms with E-state index in [4.69, 9.17) is 10.5 Å². The molecule has 3 rings (SSSR count). The van der Waals surface area contributed by atoms with Crippen LogP contribution in [0, 0.1) is 0 Å². The zero-order chi connectivity index (χ0) is 10.3. The lowest BCUT2D eigenvalue weighted by atomic mass is 10.00. The van der Waals surface area contributed by atoms with Crippen molar-refractivity contribution in [3.8, 4) is 0 Å². The Bertz CT molecular complexity index is 454. The van der Waals surface area contributed by atoms with E-state index in [1.807, 2.05) is 12.1 Å². The molecule has 1 aliphatic heterocycles. The molecule has 2 aromatic heterocycles. The van der Waals surface area contributed by atoms with Crippen LogP contribution in [0.2, 0.25) is 0 Å². The van der Waals surface area contributed by atoms with E-state index >= 15 is 0 Å². The van der Waals surface area contributed by atoms with Gasteiger partial charge in [0.15, 0.2) is 5.65 Å². The van der Waals surface area contributed by atoms with E-state index in [9.17, 15) is 0 Å². The highest BCUT2D eigenvalue weighted by molar-refractivity contribution is 5.70. The Kier molecular flexibility index (Phi) is 1.77. The number of fused-ring (bicyclic) bond motifs is 1. The second-order valence-electron chi connectivity index (χ2n) is 3.92. The van der Waals surface area contributed by atoms with E-state index < -0.39 is 5.54 Å². The monoisotopic (exact) mass is 204 g/mol. The van der Waals surface area contributed by atoms with Crippen molar-refractivity contribution in [1.29, 1.82) is 0 Å². The third kappa shape index (κ3) is 1.32. The Morgan fingerprint density at radius 1 is 1.53 bits per heavy atom. The van der Waals surface area contributed by atoms with Gasteiger partial charge < -0.3 is 15.5 Å². The third-order valence-electron chi connectivity index (χ3n) is 2.78. The van der Waals surface area contributed by atoms with Crippen LogP contribution in [0.1, 0.15) is 12.2 Å². The van der Waals surface area contributed by atoms with Gasteiger partial charge in [-0.15, -0.1) is 0 Å². The van der Waals surface area contributed by atoms with Gasteiger partial charge in [0, 0.05) is 12.8 Å². The first kappa shape index (κ1) is 8.82. The molecular formula is C10H12N4O. The van der Waals surface area contributed by atoms with Crippen molar-refractivity contribution in [3.05, 3.63) is 24.2 Å². The molecule has 0 bridgehead atoms. The third-order valence-corrected chi connectivity index (χ3v) is 2.78. The van der Waals surface area contributed by atoms with Gasteiger partial charge in [-0.1, -0.05) is 0 Å². The smallest absolute Gasteiger partial charge is 0.177 e. The molecule has 15 heavy (non-hydrogen) atoms. The molecule has 3 heterocycles. The maximum Gasteiger partial charge on any atom is 0.177 e. The predicted octanol–water partition coefficient (Wildman–Crippen LogP) is 0.532. The predicted molar refractivity (Wildman–Crippen MR) is 55.2 cm³/mol. The number of nitrogens with one attached hydrogen (secondary N) is 1. The Hall–Kier alpha value is -1.46. The molecule has 2 aromatic rings. The standard InChI is InChI=1S/C10H12N4O/c11-10(3-5-15-6-10)9-13-7-2-1-4-12-8(7)14-9/h1-2,4H,3,5-6,11H2,(H,12,13,14). The van der Waals surface area contributed by atoms with Gasteiger partial charge in [-0.2, -0.15) is 0 Å². The average Bonchev–Trinajstić information content (AvgIpc) is 2.84. The molecule has 1 atom stereocenters. The number of hydrogen-bond donors (Lipinski definition) is 2. The van der Waals surface area contributed by atoms with E-state index in [2.05, 4.69) is 15.0 Å². The highest BCUT2D eigenvalue weighted by Crippen LogP contribution is 2.26. The van der Waals surface area contributed by atoms with Crippen LogP contribution in [0.4, 0.5) is 0 Å². The van der Waals surface area contributed by atoms with E-state index in [1.54, 1.807) is 6.20 Å². The zero-order valence-corrected chi connectivity index (χ0v) is 8.23. The first-order chi connectivity index (χ1) is 7.28. The SMILES string of the molecule is NC1(c2nc3ncccc3[nH]2)CCOC1. The maximum atomic E-state index is 6.20. The number of hydrogen-bond acceptors (Lipinski definition) is 4. The summed E-state index contributed by atoms with van der Waals surface area (Å²) < 4.78 is 5.31. The first-order valence-electron chi connectivity index (χ1n) is 4.96. The van der Waals surface area contributed by atoms with E-state index in [0.29, 0.717) is 18.9 Å². The molecule has 3 N–H and O–H groups in total. The Balaban J connectivity index is 2.11. The number of imidazole rings is 1. The Morgan fingerprint density at radius 3 is 3.20 bits per heavy atom. The fraction of sp³-hybridized carbons (Fsp3) is 0.400. The van der Waals surface area contributed by atoms with Crippen LogP contribution in [-0.2, 0) is 10.3 Å². The largest absolute Gasteiger partial charge is 0.379 e. The number of nitrogens with two attached hydrogens (primary N) is 1. The van der Waals surface area contributed by atoms with Crippen LogP contribution in [-0.4, -0.2) is 28.2 Å². The summed E-state index contributed by atoms with van der Waals surface area (Å²) in [6.45, 7) is 1.22. The van der Waals surface area contributed by atoms with Crippen molar-refractivity contribution in [3.63, 3.8) is 0 Å². The van der Waals surface area contributed by atoms with Crippen LogP contribution in [0.15, 0.2) is 18.3 Å². The minimum atomic E-state index is -0.472. The number of pyridine rings is 1. The van der Waals surface area contributed by atoms with Gasteiger partial charge in [0.1, 0.15) is 11.4 Å². The second-order valence-corrected chi connectivity index (χ2v) is 3.92. The fourth-order valence-corrected chi connectivity index (χ4v) is 1.85. The van der Waals surface area contributed by atoms with Crippen molar-refractivity contribution in [2.24, 2.45) is 5.73 Å². The molecule has 1 aliphatic rings. The molecule has 0 saturated carbocycles. The highest BCUT2D eigenvalue weighted by Gasteiger charge is 2.35. The van der Waals surface area contributed by atoms with Crippen LogP contribution >= 0.6 is 0 Å². The summed E-state index contributed by atoms with van der Waals surface area (Å²) in [7, 11) is 0. The summed E-state index contributed by atoms with van der Waals surface area (Å²) in [4.78, 5) is 11.8. The molecule has 0 spiro atoms. The molecular weight excluding hydrogens is 192 g/mol. The number of rotatable bonds is 1.